The number of hydrogen-bond acceptors (Lipinski definition) is 5. The molecule has 1 aromatic heterocycles. The van der Waals surface area contributed by atoms with E-state index in [1.165, 1.54) is 12.3 Å². The predicted molar refractivity (Wildman–Crippen MR) is 112 cm³/mol. The summed E-state index contributed by atoms with van der Waals surface area (Å²) in [6.07, 6.45) is 1.49. The van der Waals surface area contributed by atoms with Crippen LogP contribution in [0.25, 0.3) is 0 Å². The highest BCUT2D eigenvalue weighted by Gasteiger charge is 2.16. The molecule has 7 heteroatoms. The van der Waals surface area contributed by atoms with E-state index in [1.807, 2.05) is 32.0 Å². The molecule has 0 atom stereocenters. The van der Waals surface area contributed by atoms with E-state index in [1.54, 1.807) is 38.3 Å². The lowest BCUT2D eigenvalue weighted by Crippen LogP contribution is -2.13. The molecular weight excluding hydrogens is 374 g/mol. The Morgan fingerprint density at radius 1 is 0.929 bits per heavy atom. The molecule has 0 radical (unpaired) electrons. The summed E-state index contributed by atoms with van der Waals surface area (Å²) >= 11 is 0. The van der Waals surface area contributed by atoms with Crippen LogP contribution in [-0.2, 0) is 10.0 Å². The second-order valence-corrected chi connectivity index (χ2v) is 8.29. The molecule has 0 saturated carbocycles. The molecule has 0 amide bonds. The Kier molecular flexibility index (Phi) is 5.56. The number of anilines is 3. The highest BCUT2D eigenvalue weighted by atomic mass is 32.2. The maximum Gasteiger partial charge on any atom is 0.261 e. The van der Waals surface area contributed by atoms with Crippen LogP contribution in [0.2, 0.25) is 0 Å². The third-order valence-corrected chi connectivity index (χ3v) is 5.73. The van der Waals surface area contributed by atoms with E-state index in [9.17, 15) is 8.42 Å². The first-order valence-corrected chi connectivity index (χ1v) is 10.2. The number of ether oxygens (including phenoxy) is 1. The van der Waals surface area contributed by atoms with Crippen LogP contribution in [0, 0.1) is 20.8 Å². The molecule has 0 fully saturated rings. The second kappa shape index (κ2) is 7.90. The van der Waals surface area contributed by atoms with E-state index in [4.69, 9.17) is 4.74 Å². The van der Waals surface area contributed by atoms with E-state index < -0.39 is 10.0 Å². The molecule has 2 aromatic carbocycles. The Hall–Kier alpha value is -3.06. The highest BCUT2D eigenvalue weighted by molar-refractivity contribution is 7.92. The minimum atomic E-state index is -3.71. The number of nitrogens with zero attached hydrogens (tertiary/aromatic N) is 1. The van der Waals surface area contributed by atoms with Gasteiger partial charge in [-0.25, -0.2) is 13.4 Å². The maximum atomic E-state index is 12.6. The SMILES string of the molecule is COc1ccc(S(=O)(=O)Nc2ccc(Nc3cc(C)ccc3C)nc2)cc1C. The Labute approximate surface area is 165 Å². The van der Waals surface area contributed by atoms with Crippen molar-refractivity contribution in [2.75, 3.05) is 17.1 Å². The number of rotatable bonds is 6. The molecule has 0 aliphatic heterocycles. The van der Waals surface area contributed by atoms with Crippen molar-refractivity contribution in [2.45, 2.75) is 25.7 Å². The zero-order valence-corrected chi connectivity index (χ0v) is 17.1. The maximum absolute atomic E-state index is 12.6. The van der Waals surface area contributed by atoms with Crippen molar-refractivity contribution in [1.29, 1.82) is 0 Å². The van der Waals surface area contributed by atoms with Gasteiger partial charge in [-0.1, -0.05) is 12.1 Å². The summed E-state index contributed by atoms with van der Waals surface area (Å²) < 4.78 is 33.0. The molecular formula is C21H23N3O3S. The predicted octanol–water partition coefficient (Wildman–Crippen LogP) is 4.56. The summed E-state index contributed by atoms with van der Waals surface area (Å²) in [5.41, 5.74) is 4.35. The van der Waals surface area contributed by atoms with Gasteiger partial charge >= 0.3 is 0 Å². The number of sulfonamides is 1. The summed E-state index contributed by atoms with van der Waals surface area (Å²) in [4.78, 5) is 4.48. The molecule has 3 aromatic rings. The summed E-state index contributed by atoms with van der Waals surface area (Å²) in [6, 6.07) is 14.3. The van der Waals surface area contributed by atoms with Crippen molar-refractivity contribution in [1.82, 2.24) is 4.98 Å². The molecule has 0 unspecified atom stereocenters. The quantitative estimate of drug-likeness (QED) is 0.637. The summed E-state index contributed by atoms with van der Waals surface area (Å²) in [5, 5.41) is 3.25. The molecule has 6 nitrogen and oxygen atoms in total. The molecule has 0 spiro atoms. The van der Waals surface area contributed by atoms with Gasteiger partial charge in [0.05, 0.1) is 23.9 Å². The van der Waals surface area contributed by atoms with Crippen LogP contribution >= 0.6 is 0 Å². The number of methoxy groups -OCH3 is 1. The minimum absolute atomic E-state index is 0.170. The van der Waals surface area contributed by atoms with E-state index in [0.29, 0.717) is 17.3 Å². The Morgan fingerprint density at radius 3 is 2.36 bits per heavy atom. The van der Waals surface area contributed by atoms with Gasteiger partial charge < -0.3 is 10.1 Å². The van der Waals surface area contributed by atoms with Crippen LogP contribution in [0.3, 0.4) is 0 Å². The Bertz CT molecular complexity index is 1090. The third-order valence-electron chi connectivity index (χ3n) is 4.35. The van der Waals surface area contributed by atoms with Crippen LogP contribution in [0.1, 0.15) is 16.7 Å². The van der Waals surface area contributed by atoms with E-state index in [-0.39, 0.29) is 4.90 Å². The van der Waals surface area contributed by atoms with Crippen molar-refractivity contribution in [2.24, 2.45) is 0 Å². The molecule has 0 aliphatic carbocycles. The fourth-order valence-electron chi connectivity index (χ4n) is 2.77. The van der Waals surface area contributed by atoms with E-state index >= 15 is 0 Å². The van der Waals surface area contributed by atoms with Crippen LogP contribution in [-0.4, -0.2) is 20.5 Å². The van der Waals surface area contributed by atoms with E-state index in [0.717, 1.165) is 22.4 Å². The zero-order valence-electron chi connectivity index (χ0n) is 16.3. The van der Waals surface area contributed by atoms with Gasteiger partial charge in [-0.15, -0.1) is 0 Å². The number of aryl methyl sites for hydroxylation is 3. The fourth-order valence-corrected chi connectivity index (χ4v) is 3.90. The monoisotopic (exact) mass is 397 g/mol. The highest BCUT2D eigenvalue weighted by Crippen LogP contribution is 2.24. The van der Waals surface area contributed by atoms with Gasteiger partial charge in [0.15, 0.2) is 0 Å². The third kappa shape index (κ3) is 4.43. The average molecular weight is 398 g/mol. The normalized spacial score (nSPS) is 11.1. The zero-order chi connectivity index (χ0) is 20.3. The Morgan fingerprint density at radius 2 is 1.71 bits per heavy atom. The van der Waals surface area contributed by atoms with Crippen molar-refractivity contribution in [3.05, 3.63) is 71.4 Å². The number of pyridine rings is 1. The molecule has 2 N–H and O–H groups in total. The number of aromatic nitrogens is 1. The standard InChI is InChI=1S/C21H23N3O3S/c1-14-5-6-15(2)19(11-14)23-21-10-7-17(13-22-21)24-28(25,26)18-8-9-20(27-4)16(3)12-18/h5-13,24H,1-4H3,(H,22,23). The van der Waals surface area contributed by atoms with Crippen molar-refractivity contribution in [3.63, 3.8) is 0 Å². The summed E-state index contributed by atoms with van der Waals surface area (Å²) in [6.45, 7) is 5.84. The van der Waals surface area contributed by atoms with E-state index in [2.05, 4.69) is 15.0 Å². The molecule has 146 valence electrons. The topological polar surface area (TPSA) is 80.3 Å². The van der Waals surface area contributed by atoms with Crippen molar-refractivity contribution < 1.29 is 13.2 Å². The number of benzene rings is 2. The second-order valence-electron chi connectivity index (χ2n) is 6.61. The van der Waals surface area contributed by atoms with Crippen LogP contribution in [0.4, 0.5) is 17.2 Å². The first kappa shape index (κ1) is 19.7. The van der Waals surface area contributed by atoms with Crippen LogP contribution in [0.15, 0.2) is 59.6 Å². The first-order valence-electron chi connectivity index (χ1n) is 8.76. The lowest BCUT2D eigenvalue weighted by Gasteiger charge is -2.12. The molecule has 1 heterocycles. The summed E-state index contributed by atoms with van der Waals surface area (Å²) in [5.74, 6) is 1.28. The average Bonchev–Trinajstić information content (AvgIpc) is 2.66. The minimum Gasteiger partial charge on any atom is -0.496 e. The molecule has 28 heavy (non-hydrogen) atoms. The van der Waals surface area contributed by atoms with Gasteiger partial charge in [0.25, 0.3) is 10.0 Å². The largest absolute Gasteiger partial charge is 0.496 e. The van der Waals surface area contributed by atoms with Crippen molar-refractivity contribution >= 4 is 27.2 Å². The first-order chi connectivity index (χ1) is 13.3. The van der Waals surface area contributed by atoms with Gasteiger partial charge in [-0.3, -0.25) is 4.72 Å². The Balaban J connectivity index is 1.76. The fraction of sp³-hybridized carbons (Fsp3) is 0.190. The number of nitrogens with one attached hydrogen (secondary N) is 2. The molecule has 0 saturated heterocycles. The van der Waals surface area contributed by atoms with Crippen LogP contribution < -0.4 is 14.8 Å². The molecule has 0 bridgehead atoms. The van der Waals surface area contributed by atoms with Gasteiger partial charge in [0.1, 0.15) is 11.6 Å². The summed E-state index contributed by atoms with van der Waals surface area (Å²) in [7, 11) is -2.16. The van der Waals surface area contributed by atoms with Gasteiger partial charge in [0.2, 0.25) is 0 Å². The van der Waals surface area contributed by atoms with Gasteiger partial charge in [-0.2, -0.15) is 0 Å². The van der Waals surface area contributed by atoms with Crippen molar-refractivity contribution in [3.8, 4) is 5.75 Å². The lowest BCUT2D eigenvalue weighted by molar-refractivity contribution is 0.411. The van der Waals surface area contributed by atoms with Gasteiger partial charge in [-0.05, 0) is 73.9 Å². The lowest BCUT2D eigenvalue weighted by atomic mass is 10.1. The molecule has 3 rings (SSSR count). The van der Waals surface area contributed by atoms with Gasteiger partial charge in [0, 0.05) is 5.69 Å². The number of hydrogen-bond donors (Lipinski definition) is 2. The smallest absolute Gasteiger partial charge is 0.261 e. The molecule has 0 aliphatic rings. The van der Waals surface area contributed by atoms with Crippen LogP contribution in [0.5, 0.6) is 5.75 Å².